The van der Waals surface area contributed by atoms with Gasteiger partial charge in [0, 0.05) is 35.1 Å². The fraction of sp³-hybridized carbons (Fsp3) is 0.350. The number of anilines is 1. The van der Waals surface area contributed by atoms with Crippen LogP contribution in [0.1, 0.15) is 13.8 Å². The molecule has 1 amide bonds. The lowest BCUT2D eigenvalue weighted by molar-refractivity contribution is -0.141. The van der Waals surface area contributed by atoms with Gasteiger partial charge in [-0.15, -0.1) is 0 Å². The number of carbonyl (C=O) groups is 1. The number of nitrogens with zero attached hydrogens (tertiary/aromatic N) is 2. The van der Waals surface area contributed by atoms with Gasteiger partial charge in [0.15, 0.2) is 0 Å². The fourth-order valence-electron chi connectivity index (χ4n) is 3.02. The Balaban J connectivity index is 1.89. The summed E-state index contributed by atoms with van der Waals surface area (Å²) >= 11 is 0. The molecule has 4 N–H and O–H groups in total. The summed E-state index contributed by atoms with van der Waals surface area (Å²) in [6, 6.07) is 2.13. The van der Waals surface area contributed by atoms with E-state index < -0.39 is 30.3 Å². The number of methoxy groups -OCH3 is 1. The predicted octanol–water partition coefficient (Wildman–Crippen LogP) is 2.86. The molecule has 3 heterocycles. The minimum absolute atomic E-state index is 0.344. The monoisotopic (exact) mass is 437 g/mol. The normalized spacial score (nSPS) is 13.1. The summed E-state index contributed by atoms with van der Waals surface area (Å²) in [6.45, 7) is 1.15. The van der Waals surface area contributed by atoms with Crippen LogP contribution in [0.2, 0.25) is 0 Å². The van der Waals surface area contributed by atoms with E-state index in [2.05, 4.69) is 20.3 Å². The third-order valence-electron chi connectivity index (χ3n) is 4.53. The van der Waals surface area contributed by atoms with Gasteiger partial charge in [-0.05, 0) is 26.0 Å². The van der Waals surface area contributed by atoms with Crippen LogP contribution in [0.5, 0.6) is 5.75 Å². The van der Waals surface area contributed by atoms with Gasteiger partial charge >= 0.3 is 6.18 Å². The number of aromatic amines is 1. The molecule has 3 aromatic rings. The van der Waals surface area contributed by atoms with Crippen LogP contribution in [0.4, 0.5) is 18.9 Å². The third kappa shape index (κ3) is 5.43. The fourth-order valence-corrected chi connectivity index (χ4v) is 3.02. The minimum atomic E-state index is -4.56. The highest BCUT2D eigenvalue weighted by atomic mass is 19.4. The van der Waals surface area contributed by atoms with Gasteiger partial charge < -0.3 is 25.5 Å². The summed E-state index contributed by atoms with van der Waals surface area (Å²) in [5.41, 5.74) is 0.756. The van der Waals surface area contributed by atoms with E-state index in [1.54, 1.807) is 36.0 Å². The topological polar surface area (TPSA) is 112 Å². The second-order valence-electron chi connectivity index (χ2n) is 7.50. The number of aliphatic hydroxyl groups is 1. The molecule has 0 saturated carbocycles. The summed E-state index contributed by atoms with van der Waals surface area (Å²) in [6.07, 6.45) is 1.75. The molecule has 8 nitrogen and oxygen atoms in total. The van der Waals surface area contributed by atoms with Crippen molar-refractivity contribution in [2.45, 2.75) is 31.7 Å². The molecular weight excluding hydrogens is 415 g/mol. The van der Waals surface area contributed by atoms with Crippen molar-refractivity contribution in [2.24, 2.45) is 0 Å². The lowest BCUT2D eigenvalue weighted by atomic mass is 9.97. The summed E-state index contributed by atoms with van der Waals surface area (Å²) in [5, 5.41) is 15.7. The van der Waals surface area contributed by atoms with Gasteiger partial charge in [0.2, 0.25) is 5.91 Å². The van der Waals surface area contributed by atoms with E-state index >= 15 is 0 Å². The average molecular weight is 437 g/mol. The molecule has 31 heavy (non-hydrogen) atoms. The number of alkyl halides is 3. The smallest absolute Gasteiger partial charge is 0.405 e. The number of amides is 1. The number of aromatic nitrogens is 3. The zero-order chi connectivity index (χ0) is 22.8. The standard InChI is InChI=1S/C20H22F3N5O3/c1-19(2,30)16(18(29)27-10-20(21,22)23)28-12-4-11(6-24-7-12)15-9-26-17-14(15)5-13(31-3)8-25-17/h4-9,16,28,30H,10H2,1-3H3,(H,25,26)(H,27,29). The summed E-state index contributed by atoms with van der Waals surface area (Å²) < 4.78 is 42.6. The van der Waals surface area contributed by atoms with Gasteiger partial charge in [-0.25, -0.2) is 4.98 Å². The number of carbonyl (C=O) groups excluding carboxylic acids is 1. The first-order chi connectivity index (χ1) is 14.5. The Kier molecular flexibility index (Phi) is 6.07. The maximum Gasteiger partial charge on any atom is 0.405 e. The zero-order valence-electron chi connectivity index (χ0n) is 17.0. The number of hydrogen-bond donors (Lipinski definition) is 4. The number of pyridine rings is 2. The Morgan fingerprint density at radius 2 is 2.00 bits per heavy atom. The van der Waals surface area contributed by atoms with Crippen molar-refractivity contribution in [1.82, 2.24) is 20.3 Å². The minimum Gasteiger partial charge on any atom is -0.495 e. The second-order valence-corrected chi connectivity index (χ2v) is 7.50. The van der Waals surface area contributed by atoms with Gasteiger partial charge in [0.1, 0.15) is 24.0 Å². The molecule has 3 rings (SSSR count). The van der Waals surface area contributed by atoms with Crippen molar-refractivity contribution >= 4 is 22.6 Å². The zero-order valence-corrected chi connectivity index (χ0v) is 17.0. The molecule has 1 atom stereocenters. The number of fused-ring (bicyclic) bond motifs is 1. The molecule has 0 aliphatic rings. The number of rotatable bonds is 7. The first kappa shape index (κ1) is 22.3. The molecule has 0 aliphatic carbocycles. The molecular formula is C20H22F3N5O3. The maximum absolute atomic E-state index is 12.5. The Hall–Kier alpha value is -3.34. The van der Waals surface area contributed by atoms with Gasteiger partial charge in [-0.2, -0.15) is 13.2 Å². The quantitative estimate of drug-likeness (QED) is 0.452. The number of halogens is 3. The predicted molar refractivity (Wildman–Crippen MR) is 109 cm³/mol. The Labute approximate surface area is 175 Å². The molecule has 0 aromatic carbocycles. The highest BCUT2D eigenvalue weighted by molar-refractivity contribution is 5.94. The SMILES string of the molecule is COc1cnc2[nH]cc(-c3cncc(NC(C(=O)NCC(F)(F)F)C(C)(C)O)c3)c2c1. The van der Waals surface area contributed by atoms with Crippen molar-refractivity contribution < 1.29 is 27.8 Å². The van der Waals surface area contributed by atoms with E-state index in [0.717, 1.165) is 10.9 Å². The lowest BCUT2D eigenvalue weighted by Gasteiger charge is -2.30. The average Bonchev–Trinajstić information content (AvgIpc) is 3.12. The van der Waals surface area contributed by atoms with Crippen molar-refractivity contribution in [1.29, 1.82) is 0 Å². The molecule has 166 valence electrons. The Morgan fingerprint density at radius 1 is 1.26 bits per heavy atom. The van der Waals surface area contributed by atoms with Crippen LogP contribution in [0.25, 0.3) is 22.2 Å². The molecule has 0 aliphatic heterocycles. The van der Waals surface area contributed by atoms with Crippen LogP contribution in [-0.4, -0.2) is 57.4 Å². The molecule has 0 radical (unpaired) electrons. The highest BCUT2D eigenvalue weighted by Crippen LogP contribution is 2.31. The number of nitrogens with one attached hydrogen (secondary N) is 3. The van der Waals surface area contributed by atoms with E-state index in [4.69, 9.17) is 4.74 Å². The summed E-state index contributed by atoms with van der Waals surface area (Å²) in [5.74, 6) is -0.421. The lowest BCUT2D eigenvalue weighted by Crippen LogP contribution is -2.53. The van der Waals surface area contributed by atoms with Crippen molar-refractivity contribution in [2.75, 3.05) is 19.0 Å². The number of ether oxygens (including phenoxy) is 1. The highest BCUT2D eigenvalue weighted by Gasteiger charge is 2.36. The molecule has 1 unspecified atom stereocenters. The maximum atomic E-state index is 12.5. The number of hydrogen-bond acceptors (Lipinski definition) is 6. The van der Waals surface area contributed by atoms with Crippen LogP contribution in [0, 0.1) is 0 Å². The van der Waals surface area contributed by atoms with E-state index in [1.807, 2.05) is 0 Å². The molecule has 0 fully saturated rings. The summed E-state index contributed by atoms with van der Waals surface area (Å²) in [7, 11) is 1.53. The first-order valence-corrected chi connectivity index (χ1v) is 9.28. The molecule has 0 bridgehead atoms. The van der Waals surface area contributed by atoms with Crippen LogP contribution in [0.3, 0.4) is 0 Å². The van der Waals surface area contributed by atoms with Crippen molar-refractivity contribution in [3.8, 4) is 16.9 Å². The van der Waals surface area contributed by atoms with E-state index in [0.29, 0.717) is 22.6 Å². The van der Waals surface area contributed by atoms with Gasteiger partial charge in [-0.3, -0.25) is 9.78 Å². The van der Waals surface area contributed by atoms with Crippen LogP contribution in [0.15, 0.2) is 36.9 Å². The van der Waals surface area contributed by atoms with Crippen LogP contribution in [-0.2, 0) is 4.79 Å². The van der Waals surface area contributed by atoms with Gasteiger partial charge in [0.25, 0.3) is 0 Å². The van der Waals surface area contributed by atoms with E-state index in [1.165, 1.54) is 27.2 Å². The molecule has 3 aromatic heterocycles. The molecule has 0 spiro atoms. The van der Waals surface area contributed by atoms with E-state index in [9.17, 15) is 23.1 Å². The van der Waals surface area contributed by atoms with Crippen LogP contribution < -0.4 is 15.4 Å². The second kappa shape index (κ2) is 8.42. The molecule has 11 heteroatoms. The Morgan fingerprint density at radius 3 is 2.65 bits per heavy atom. The van der Waals surface area contributed by atoms with Crippen LogP contribution >= 0.6 is 0 Å². The van der Waals surface area contributed by atoms with E-state index in [-0.39, 0.29) is 0 Å². The molecule has 0 saturated heterocycles. The largest absolute Gasteiger partial charge is 0.495 e. The van der Waals surface area contributed by atoms with Gasteiger partial charge in [0.05, 0.1) is 24.6 Å². The summed E-state index contributed by atoms with van der Waals surface area (Å²) in [4.78, 5) is 23.8. The first-order valence-electron chi connectivity index (χ1n) is 9.28. The Bertz CT molecular complexity index is 1080. The van der Waals surface area contributed by atoms with Crippen molar-refractivity contribution in [3.05, 3.63) is 36.9 Å². The van der Waals surface area contributed by atoms with Crippen molar-refractivity contribution in [3.63, 3.8) is 0 Å². The third-order valence-corrected chi connectivity index (χ3v) is 4.53. The van der Waals surface area contributed by atoms with Gasteiger partial charge in [-0.1, -0.05) is 0 Å². The number of H-pyrrole nitrogens is 1.